The van der Waals surface area contributed by atoms with Gasteiger partial charge in [-0.25, -0.2) is 9.69 Å². The second kappa shape index (κ2) is 7.56. The van der Waals surface area contributed by atoms with Crippen LogP contribution >= 0.6 is 0 Å². The monoisotopic (exact) mass is 376 g/mol. The number of benzene rings is 1. The van der Waals surface area contributed by atoms with E-state index in [0.29, 0.717) is 0 Å². The molecule has 2 atom stereocenters. The summed E-state index contributed by atoms with van der Waals surface area (Å²) in [5, 5.41) is 0. The van der Waals surface area contributed by atoms with Crippen LogP contribution in [0.15, 0.2) is 18.2 Å². The topological polar surface area (TPSA) is 80.6 Å². The van der Waals surface area contributed by atoms with Gasteiger partial charge in [0.1, 0.15) is 17.5 Å². The van der Waals surface area contributed by atoms with E-state index in [4.69, 9.17) is 9.47 Å². The van der Waals surface area contributed by atoms with Gasteiger partial charge in [0.15, 0.2) is 6.67 Å². The highest BCUT2D eigenvalue weighted by atomic mass is 16.5. The molecule has 2 heterocycles. The summed E-state index contributed by atoms with van der Waals surface area (Å²) in [6.45, 7) is 4.41. The molecule has 0 spiro atoms. The maximum Gasteiger partial charge on any atom is 0.338 e. The first-order valence-electron chi connectivity index (χ1n) is 9.14. The maximum absolute atomic E-state index is 12.6. The highest BCUT2D eigenvalue weighted by Crippen LogP contribution is 2.31. The summed E-state index contributed by atoms with van der Waals surface area (Å²) >= 11 is 0. The standard InChI is InChI=1S/C19H25N3O5/c1-12(2)22-18(24)17(23)21(19(22)25)11-20-9-5-6-15(20)14-10-13(26-3)7-8-16(14)27-4/h7-8,10,12,15H,5-6,9,11H2,1-4H3/p+1/t15-/m1/s1. The zero-order chi connectivity index (χ0) is 19.7. The Morgan fingerprint density at radius 2 is 1.89 bits per heavy atom. The van der Waals surface area contributed by atoms with Crippen LogP contribution in [0.1, 0.15) is 38.3 Å². The second-order valence-corrected chi connectivity index (χ2v) is 7.15. The van der Waals surface area contributed by atoms with Gasteiger partial charge in [0.2, 0.25) is 0 Å². The van der Waals surface area contributed by atoms with Gasteiger partial charge in [-0.05, 0) is 32.0 Å². The largest absolute Gasteiger partial charge is 0.497 e. The fraction of sp³-hybridized carbons (Fsp3) is 0.526. The minimum Gasteiger partial charge on any atom is -0.497 e. The van der Waals surface area contributed by atoms with Gasteiger partial charge in [0, 0.05) is 18.9 Å². The van der Waals surface area contributed by atoms with Gasteiger partial charge in [-0.2, -0.15) is 0 Å². The smallest absolute Gasteiger partial charge is 0.338 e. The molecule has 4 amide bonds. The zero-order valence-corrected chi connectivity index (χ0v) is 16.2. The summed E-state index contributed by atoms with van der Waals surface area (Å²) in [7, 11) is 3.23. The number of rotatable bonds is 6. The van der Waals surface area contributed by atoms with Crippen LogP contribution in [-0.4, -0.2) is 61.1 Å². The number of amides is 4. The lowest BCUT2D eigenvalue weighted by Gasteiger charge is -2.26. The molecule has 8 heteroatoms. The summed E-state index contributed by atoms with van der Waals surface area (Å²) in [5.74, 6) is -0.0146. The molecule has 2 fully saturated rings. The van der Waals surface area contributed by atoms with E-state index in [1.165, 1.54) is 0 Å². The molecule has 8 nitrogen and oxygen atoms in total. The average Bonchev–Trinajstić information content (AvgIpc) is 3.19. The van der Waals surface area contributed by atoms with E-state index in [9.17, 15) is 14.4 Å². The first-order chi connectivity index (χ1) is 12.9. The number of carbonyl (C=O) groups excluding carboxylic acids is 3. The first kappa shape index (κ1) is 19.2. The average molecular weight is 376 g/mol. The van der Waals surface area contributed by atoms with E-state index in [-0.39, 0.29) is 18.8 Å². The van der Waals surface area contributed by atoms with Crippen molar-refractivity contribution in [3.8, 4) is 11.5 Å². The van der Waals surface area contributed by atoms with Crippen LogP contribution in [-0.2, 0) is 9.59 Å². The van der Waals surface area contributed by atoms with Crippen molar-refractivity contribution < 1.29 is 28.8 Å². The summed E-state index contributed by atoms with van der Waals surface area (Å²) < 4.78 is 10.8. The molecule has 0 aliphatic carbocycles. The normalized spacial score (nSPS) is 22.9. The molecule has 0 saturated carbocycles. The van der Waals surface area contributed by atoms with Crippen LogP contribution in [0, 0.1) is 0 Å². The van der Waals surface area contributed by atoms with E-state index in [1.54, 1.807) is 28.1 Å². The van der Waals surface area contributed by atoms with E-state index in [2.05, 4.69) is 0 Å². The van der Waals surface area contributed by atoms with E-state index >= 15 is 0 Å². The van der Waals surface area contributed by atoms with E-state index in [1.807, 2.05) is 18.2 Å². The Hall–Kier alpha value is -2.61. The summed E-state index contributed by atoms with van der Waals surface area (Å²) in [6, 6.07) is 4.81. The van der Waals surface area contributed by atoms with Crippen LogP contribution in [0.4, 0.5) is 4.79 Å². The minimum absolute atomic E-state index is 0.0545. The van der Waals surface area contributed by atoms with Crippen LogP contribution in [0.5, 0.6) is 11.5 Å². The number of nitrogens with one attached hydrogen (secondary N) is 1. The highest BCUT2D eigenvalue weighted by Gasteiger charge is 2.48. The van der Waals surface area contributed by atoms with Crippen molar-refractivity contribution >= 4 is 17.8 Å². The van der Waals surface area contributed by atoms with E-state index in [0.717, 1.165) is 51.1 Å². The molecule has 2 aliphatic rings. The minimum atomic E-state index is -0.746. The Balaban J connectivity index is 1.85. The third-order valence-corrected chi connectivity index (χ3v) is 5.26. The lowest BCUT2D eigenvalue weighted by atomic mass is 10.0. The van der Waals surface area contributed by atoms with Gasteiger partial charge in [0.25, 0.3) is 0 Å². The molecular weight excluding hydrogens is 350 g/mol. The predicted molar refractivity (Wildman–Crippen MR) is 96.4 cm³/mol. The molecule has 2 aliphatic heterocycles. The molecule has 1 aromatic carbocycles. The molecule has 0 bridgehead atoms. The van der Waals surface area contributed by atoms with Gasteiger partial charge in [-0.3, -0.25) is 14.5 Å². The van der Waals surface area contributed by atoms with Crippen molar-refractivity contribution in [3.63, 3.8) is 0 Å². The predicted octanol–water partition coefficient (Wildman–Crippen LogP) is 0.580. The maximum atomic E-state index is 12.6. The Kier molecular flexibility index (Phi) is 5.36. The van der Waals surface area contributed by atoms with Crippen molar-refractivity contribution in [2.75, 3.05) is 27.4 Å². The van der Waals surface area contributed by atoms with Crippen LogP contribution in [0.3, 0.4) is 0 Å². The van der Waals surface area contributed by atoms with Crippen molar-refractivity contribution in [1.29, 1.82) is 0 Å². The number of urea groups is 1. The summed E-state index contributed by atoms with van der Waals surface area (Å²) in [5.41, 5.74) is 0.982. The number of nitrogens with zero attached hydrogens (tertiary/aromatic N) is 2. The van der Waals surface area contributed by atoms with Crippen molar-refractivity contribution in [2.24, 2.45) is 0 Å². The zero-order valence-electron chi connectivity index (χ0n) is 16.2. The molecule has 0 aromatic heterocycles. The summed E-state index contributed by atoms with van der Waals surface area (Å²) in [4.78, 5) is 40.2. The first-order valence-corrected chi connectivity index (χ1v) is 9.14. The molecule has 0 radical (unpaired) electrons. The molecular formula is C19H26N3O5+. The molecule has 27 heavy (non-hydrogen) atoms. The molecule has 1 N–H and O–H groups in total. The number of quaternary nitrogens is 1. The molecule has 1 aromatic rings. The van der Waals surface area contributed by atoms with E-state index < -0.39 is 17.8 Å². The quantitative estimate of drug-likeness (QED) is 0.580. The van der Waals surface area contributed by atoms with Gasteiger partial charge in [0.05, 0.1) is 26.3 Å². The fourth-order valence-electron chi connectivity index (χ4n) is 3.91. The van der Waals surface area contributed by atoms with Crippen LogP contribution in [0.2, 0.25) is 0 Å². The van der Waals surface area contributed by atoms with Crippen molar-refractivity contribution in [1.82, 2.24) is 9.80 Å². The van der Waals surface area contributed by atoms with Crippen LogP contribution in [0.25, 0.3) is 0 Å². The number of likely N-dealkylation sites (tertiary alicyclic amines) is 1. The Morgan fingerprint density at radius 1 is 1.15 bits per heavy atom. The number of imide groups is 2. The van der Waals surface area contributed by atoms with Gasteiger partial charge in [-0.15, -0.1) is 0 Å². The highest BCUT2D eigenvalue weighted by molar-refractivity contribution is 6.44. The number of hydrogen-bond acceptors (Lipinski definition) is 5. The molecule has 3 rings (SSSR count). The van der Waals surface area contributed by atoms with Gasteiger partial charge >= 0.3 is 17.8 Å². The van der Waals surface area contributed by atoms with Gasteiger partial charge in [-0.1, -0.05) is 0 Å². The SMILES string of the molecule is COc1ccc(OC)c([C@H]2CCC[NH+]2CN2C(=O)C(=O)N(C(C)C)C2=O)c1. The number of methoxy groups -OCH3 is 2. The summed E-state index contributed by atoms with van der Waals surface area (Å²) in [6.07, 6.45) is 1.86. The Morgan fingerprint density at radius 3 is 2.48 bits per heavy atom. The second-order valence-electron chi connectivity index (χ2n) is 7.15. The Bertz CT molecular complexity index is 764. The number of ether oxygens (including phenoxy) is 2. The Labute approximate surface area is 158 Å². The lowest BCUT2D eigenvalue weighted by Crippen LogP contribution is -3.12. The van der Waals surface area contributed by atoms with Gasteiger partial charge < -0.3 is 14.4 Å². The third kappa shape index (κ3) is 3.37. The van der Waals surface area contributed by atoms with Crippen molar-refractivity contribution in [2.45, 2.75) is 38.8 Å². The molecule has 2 saturated heterocycles. The lowest BCUT2D eigenvalue weighted by molar-refractivity contribution is -0.925. The molecule has 1 unspecified atom stereocenters. The third-order valence-electron chi connectivity index (χ3n) is 5.26. The number of hydrogen-bond donors (Lipinski definition) is 1. The fourth-order valence-corrected chi connectivity index (χ4v) is 3.91. The molecule has 146 valence electrons. The van der Waals surface area contributed by atoms with Crippen LogP contribution < -0.4 is 14.4 Å². The van der Waals surface area contributed by atoms with Crippen molar-refractivity contribution in [3.05, 3.63) is 23.8 Å². The number of carbonyl (C=O) groups is 3.